The number of ether oxygens (including phenoxy) is 6. The van der Waals surface area contributed by atoms with Gasteiger partial charge in [0, 0.05) is 36.0 Å². The third-order valence-corrected chi connectivity index (χ3v) is 25.7. The van der Waals surface area contributed by atoms with E-state index in [1.165, 1.54) is 0 Å². The SMILES string of the molecule is CC/C=C/[C@H](O[Si](C)(C)C(C)(C)C)[C@H](O)CC/C=C/[C@@H](OCOCC[Si](C)(C)C)[C@H]1CC[C@H]([C@H]2CC[C@H]([C@@H](/C=C/CCCO[Si](C)(C)C(C)(C)C)OCOCC[Si](C)(C)C)O2)O1. The molecule has 13 heteroatoms. The lowest BCUT2D eigenvalue weighted by atomic mass is 10.0. The second-order valence-corrected chi connectivity index (χ2v) is 44.3. The van der Waals surface area contributed by atoms with E-state index in [0.717, 1.165) is 70.2 Å². The van der Waals surface area contributed by atoms with Gasteiger partial charge in [0.05, 0.1) is 36.6 Å². The normalized spacial score (nSPS) is 23.3. The Balaban J connectivity index is 2.09. The maximum atomic E-state index is 11.4. The molecule has 0 bridgehead atoms. The molecule has 0 radical (unpaired) electrons. The zero-order valence-electron chi connectivity index (χ0n) is 43.1. The highest BCUT2D eigenvalue weighted by molar-refractivity contribution is 6.76. The first kappa shape index (κ1) is 57.9. The molecule has 2 heterocycles. The van der Waals surface area contributed by atoms with Crippen LogP contribution in [0.1, 0.15) is 106 Å². The number of hydrogen-bond acceptors (Lipinski definition) is 9. The van der Waals surface area contributed by atoms with Gasteiger partial charge in [-0.1, -0.05) is 124 Å². The van der Waals surface area contributed by atoms with Crippen molar-refractivity contribution in [3.63, 3.8) is 0 Å². The van der Waals surface area contributed by atoms with E-state index in [9.17, 15) is 5.11 Å². The van der Waals surface area contributed by atoms with Gasteiger partial charge in [-0.15, -0.1) is 0 Å². The number of allylic oxidation sites excluding steroid dienone is 3. The summed E-state index contributed by atoms with van der Waals surface area (Å²) in [5.74, 6) is 0. The Morgan fingerprint density at radius 2 is 1.08 bits per heavy atom. The Bertz CT molecular complexity index is 1310. The Labute approximate surface area is 386 Å². The van der Waals surface area contributed by atoms with Crippen LogP contribution in [0.25, 0.3) is 0 Å². The monoisotopic (exact) mass is 943 g/mol. The van der Waals surface area contributed by atoms with Crippen LogP contribution in [0, 0.1) is 0 Å². The van der Waals surface area contributed by atoms with Gasteiger partial charge in [-0.3, -0.25) is 0 Å². The van der Waals surface area contributed by atoms with E-state index in [1.54, 1.807) is 0 Å². The standard InChI is InChI=1S/C49H98O9Si4/c1-18-19-26-41(58-62(16,17)49(5,6)7)40(50)25-22-23-28-43(54-39-52-35-37-60(11,12)13)45-30-32-47(57-45)46-31-29-44(56-46)42(53-38-51-34-36-59(8,9)10)27-21-20-24-33-55-61(14,15)48(2,3)4/h19,21,23,26-28,40-47,50H,18,20,22,24-25,29-39H2,1-17H3/b26-19+,27-21+,28-23+/t40-,41+,42-,43-,44-,45-,46-,47-/m1/s1. The minimum atomic E-state index is -2.07. The van der Waals surface area contributed by atoms with Crippen LogP contribution in [0.4, 0.5) is 0 Å². The van der Waals surface area contributed by atoms with E-state index in [-0.39, 0.29) is 66.4 Å². The zero-order valence-corrected chi connectivity index (χ0v) is 47.1. The molecule has 0 aliphatic carbocycles. The van der Waals surface area contributed by atoms with Crippen LogP contribution in [0.5, 0.6) is 0 Å². The molecule has 9 nitrogen and oxygen atoms in total. The Morgan fingerprint density at radius 3 is 1.52 bits per heavy atom. The van der Waals surface area contributed by atoms with Crippen LogP contribution in [0.2, 0.25) is 87.6 Å². The van der Waals surface area contributed by atoms with Gasteiger partial charge >= 0.3 is 0 Å². The molecule has 364 valence electrons. The average Bonchev–Trinajstić information content (AvgIpc) is 3.83. The molecule has 0 amide bonds. The van der Waals surface area contributed by atoms with Gasteiger partial charge in [0.15, 0.2) is 16.6 Å². The summed E-state index contributed by atoms with van der Waals surface area (Å²) in [6.45, 7) is 41.7. The maximum absolute atomic E-state index is 11.4. The van der Waals surface area contributed by atoms with Gasteiger partial charge in [0.25, 0.3) is 0 Å². The van der Waals surface area contributed by atoms with Gasteiger partial charge in [-0.2, -0.15) is 0 Å². The molecule has 2 fully saturated rings. The van der Waals surface area contributed by atoms with Crippen molar-refractivity contribution in [3.8, 4) is 0 Å². The fourth-order valence-electron chi connectivity index (χ4n) is 6.78. The smallest absolute Gasteiger partial charge is 0.193 e. The van der Waals surface area contributed by atoms with Crippen molar-refractivity contribution in [2.45, 2.75) is 243 Å². The van der Waals surface area contributed by atoms with Gasteiger partial charge < -0.3 is 42.4 Å². The number of unbranched alkanes of at least 4 members (excludes halogenated alkanes) is 1. The highest BCUT2D eigenvalue weighted by Gasteiger charge is 2.42. The first-order chi connectivity index (χ1) is 28.7. The molecule has 0 unspecified atom stereocenters. The molecule has 0 aromatic carbocycles. The summed E-state index contributed by atoms with van der Waals surface area (Å²) >= 11 is 0. The van der Waals surface area contributed by atoms with E-state index in [1.807, 2.05) is 0 Å². The van der Waals surface area contributed by atoms with Gasteiger partial charge in [0.2, 0.25) is 0 Å². The summed E-state index contributed by atoms with van der Waals surface area (Å²) in [5.41, 5.74) is 0. The molecule has 0 saturated carbocycles. The predicted molar refractivity (Wildman–Crippen MR) is 271 cm³/mol. The Hall–Kier alpha value is -0.272. The first-order valence-corrected chi connectivity index (χ1v) is 37.6. The lowest BCUT2D eigenvalue weighted by Crippen LogP contribution is -2.46. The van der Waals surface area contributed by atoms with Crippen LogP contribution < -0.4 is 0 Å². The molecule has 0 aromatic rings. The number of aliphatic hydroxyl groups is 1. The first-order valence-electron chi connectivity index (χ1n) is 24.4. The largest absolute Gasteiger partial charge is 0.417 e. The van der Waals surface area contributed by atoms with Crippen molar-refractivity contribution in [2.24, 2.45) is 0 Å². The molecule has 0 aromatic heterocycles. The highest BCUT2D eigenvalue weighted by atomic mass is 28.4. The number of rotatable bonds is 30. The third kappa shape index (κ3) is 22.5. The van der Waals surface area contributed by atoms with Crippen molar-refractivity contribution in [3.05, 3.63) is 36.5 Å². The molecular formula is C49H98O9Si4. The molecule has 1 N–H and O–H groups in total. The summed E-state index contributed by atoms with van der Waals surface area (Å²) in [6.07, 6.45) is 19.1. The molecule has 0 spiro atoms. The summed E-state index contributed by atoms with van der Waals surface area (Å²) in [7, 11) is -6.23. The lowest BCUT2D eigenvalue weighted by molar-refractivity contribution is -0.146. The number of hydrogen-bond donors (Lipinski definition) is 1. The van der Waals surface area contributed by atoms with Crippen molar-refractivity contribution in [1.82, 2.24) is 0 Å². The highest BCUT2D eigenvalue weighted by Crippen LogP contribution is 2.39. The van der Waals surface area contributed by atoms with Crippen LogP contribution in [0.3, 0.4) is 0 Å². The maximum Gasteiger partial charge on any atom is 0.193 e. The summed E-state index contributed by atoms with van der Waals surface area (Å²) < 4.78 is 51.5. The average molecular weight is 944 g/mol. The van der Waals surface area contributed by atoms with Crippen LogP contribution in [-0.2, 0) is 37.3 Å². The summed E-state index contributed by atoms with van der Waals surface area (Å²) in [5, 5.41) is 11.6. The van der Waals surface area contributed by atoms with Crippen molar-refractivity contribution in [2.75, 3.05) is 33.4 Å². The fourth-order valence-corrected chi connectivity index (χ4v) is 10.7. The van der Waals surface area contributed by atoms with E-state index >= 15 is 0 Å². The Kier molecular flexibility index (Phi) is 25.1. The minimum absolute atomic E-state index is 0.00271. The van der Waals surface area contributed by atoms with Crippen LogP contribution in [-0.4, -0.2) is 120 Å². The molecule has 8 atom stereocenters. The number of aliphatic hydroxyl groups excluding tert-OH is 1. The Morgan fingerprint density at radius 1 is 0.613 bits per heavy atom. The molecule has 2 aliphatic rings. The second-order valence-electron chi connectivity index (χ2n) is 23.4. The predicted octanol–water partition coefficient (Wildman–Crippen LogP) is 12.9. The van der Waals surface area contributed by atoms with E-state index in [0.29, 0.717) is 19.4 Å². The molecule has 62 heavy (non-hydrogen) atoms. The van der Waals surface area contributed by atoms with Crippen molar-refractivity contribution < 1.29 is 42.4 Å². The van der Waals surface area contributed by atoms with Gasteiger partial charge in [0.1, 0.15) is 25.8 Å². The summed E-state index contributed by atoms with van der Waals surface area (Å²) in [4.78, 5) is 0. The van der Waals surface area contributed by atoms with E-state index in [2.05, 4.69) is 150 Å². The van der Waals surface area contributed by atoms with Crippen LogP contribution >= 0.6 is 0 Å². The molecule has 2 aliphatic heterocycles. The second kappa shape index (κ2) is 26.9. The fraction of sp³-hybridized carbons (Fsp3) is 0.878. The minimum Gasteiger partial charge on any atom is -0.417 e. The topological polar surface area (TPSA) is 94.1 Å². The molecule has 2 saturated heterocycles. The van der Waals surface area contributed by atoms with E-state index in [4.69, 9.17) is 37.3 Å². The molecule has 2 rings (SSSR count). The van der Waals surface area contributed by atoms with Gasteiger partial charge in [-0.25, -0.2) is 0 Å². The quantitative estimate of drug-likeness (QED) is 0.0327. The van der Waals surface area contributed by atoms with Crippen LogP contribution in [0.15, 0.2) is 36.5 Å². The third-order valence-electron chi connectivity index (χ3n) is 13.2. The molecular weight excluding hydrogens is 845 g/mol. The van der Waals surface area contributed by atoms with Crippen molar-refractivity contribution in [1.29, 1.82) is 0 Å². The lowest BCUT2D eigenvalue weighted by Gasteiger charge is -2.39. The zero-order chi connectivity index (χ0) is 46.8. The van der Waals surface area contributed by atoms with Crippen molar-refractivity contribution >= 4 is 32.8 Å². The van der Waals surface area contributed by atoms with Gasteiger partial charge in [-0.05, 0) is 106 Å². The van der Waals surface area contributed by atoms with E-state index < -0.39 is 38.9 Å². The summed E-state index contributed by atoms with van der Waals surface area (Å²) in [6, 6.07) is 2.21.